The number of benzene rings is 1. The molecule has 1 amide bonds. The molecule has 0 bridgehead atoms. The summed E-state index contributed by atoms with van der Waals surface area (Å²) < 4.78 is 5.70. The van der Waals surface area contributed by atoms with Crippen molar-refractivity contribution < 1.29 is 9.53 Å². The number of hydrogen-bond acceptors (Lipinski definition) is 4. The Bertz CT molecular complexity index is 555. The predicted octanol–water partition coefficient (Wildman–Crippen LogP) is 2.67. The Kier molecular flexibility index (Phi) is 6.24. The van der Waals surface area contributed by atoms with Crippen molar-refractivity contribution in [3.8, 4) is 5.75 Å². The Hall–Kier alpha value is -1.85. The van der Waals surface area contributed by atoms with E-state index in [9.17, 15) is 4.79 Å². The topological polar surface area (TPSA) is 50.4 Å². The van der Waals surface area contributed by atoms with Crippen molar-refractivity contribution in [3.05, 3.63) is 52.2 Å². The van der Waals surface area contributed by atoms with Gasteiger partial charge in [0.1, 0.15) is 12.4 Å². The first kappa shape index (κ1) is 15.5. The molecule has 0 unspecified atom stereocenters. The second-order valence-electron chi connectivity index (χ2n) is 4.61. The number of nitrogens with one attached hydrogen (secondary N) is 2. The zero-order valence-corrected chi connectivity index (χ0v) is 12.9. The van der Waals surface area contributed by atoms with E-state index in [1.54, 1.807) is 23.5 Å². The van der Waals surface area contributed by atoms with Crippen LogP contribution < -0.4 is 15.4 Å². The highest BCUT2D eigenvalue weighted by atomic mass is 32.1. The van der Waals surface area contributed by atoms with E-state index in [1.807, 2.05) is 36.7 Å². The zero-order chi connectivity index (χ0) is 14.9. The summed E-state index contributed by atoms with van der Waals surface area (Å²) in [6.07, 6.45) is 0.914. The van der Waals surface area contributed by atoms with E-state index >= 15 is 0 Å². The van der Waals surface area contributed by atoms with E-state index in [4.69, 9.17) is 4.74 Å². The fourth-order valence-electron chi connectivity index (χ4n) is 1.85. The Labute approximate surface area is 129 Å². The summed E-state index contributed by atoms with van der Waals surface area (Å²) in [4.78, 5) is 13.2. The number of hydrogen-bond donors (Lipinski definition) is 2. The van der Waals surface area contributed by atoms with Crippen LogP contribution in [0.5, 0.6) is 5.75 Å². The molecule has 0 atom stereocenters. The smallest absolute Gasteiger partial charge is 0.251 e. The average Bonchev–Trinajstić information content (AvgIpc) is 3.03. The summed E-state index contributed by atoms with van der Waals surface area (Å²) in [5, 5.41) is 7.97. The quantitative estimate of drug-likeness (QED) is 0.737. The summed E-state index contributed by atoms with van der Waals surface area (Å²) in [6.45, 7) is 2.09. The Morgan fingerprint density at radius 3 is 2.90 bits per heavy atom. The Morgan fingerprint density at radius 2 is 2.14 bits per heavy atom. The van der Waals surface area contributed by atoms with E-state index in [-0.39, 0.29) is 5.91 Å². The molecule has 0 aliphatic heterocycles. The third kappa shape index (κ3) is 5.21. The van der Waals surface area contributed by atoms with Crippen molar-refractivity contribution in [1.82, 2.24) is 10.6 Å². The van der Waals surface area contributed by atoms with Crippen LogP contribution in [0.4, 0.5) is 0 Å². The van der Waals surface area contributed by atoms with Crippen LogP contribution in [-0.2, 0) is 6.61 Å². The van der Waals surface area contributed by atoms with Crippen LogP contribution in [0.2, 0.25) is 0 Å². The molecule has 0 radical (unpaired) electrons. The standard InChI is InChI=1S/C16H20N2O2S/c1-17-8-4-9-18-16(19)13-5-2-6-14(11-13)20-12-15-7-3-10-21-15/h2-3,5-7,10-11,17H,4,8-9,12H2,1H3,(H,18,19). The fourth-order valence-corrected chi connectivity index (χ4v) is 2.46. The second-order valence-corrected chi connectivity index (χ2v) is 5.64. The highest BCUT2D eigenvalue weighted by Crippen LogP contribution is 2.17. The Balaban J connectivity index is 1.86. The first-order valence-corrected chi connectivity index (χ1v) is 7.85. The van der Waals surface area contributed by atoms with Gasteiger partial charge in [-0.05, 0) is 49.7 Å². The minimum Gasteiger partial charge on any atom is -0.488 e. The summed E-state index contributed by atoms with van der Waals surface area (Å²) in [5.74, 6) is 0.652. The lowest BCUT2D eigenvalue weighted by atomic mass is 10.2. The lowest BCUT2D eigenvalue weighted by Crippen LogP contribution is -2.26. The van der Waals surface area contributed by atoms with Crippen molar-refractivity contribution in [1.29, 1.82) is 0 Å². The maximum Gasteiger partial charge on any atom is 0.251 e. The number of thiophene rings is 1. The van der Waals surface area contributed by atoms with Gasteiger partial charge in [0.2, 0.25) is 0 Å². The molecule has 4 nitrogen and oxygen atoms in total. The zero-order valence-electron chi connectivity index (χ0n) is 12.1. The van der Waals surface area contributed by atoms with Crippen LogP contribution in [0, 0.1) is 0 Å². The number of ether oxygens (including phenoxy) is 1. The van der Waals surface area contributed by atoms with E-state index in [1.165, 1.54) is 0 Å². The van der Waals surface area contributed by atoms with E-state index in [2.05, 4.69) is 10.6 Å². The lowest BCUT2D eigenvalue weighted by Gasteiger charge is -2.08. The van der Waals surface area contributed by atoms with Gasteiger partial charge in [0.15, 0.2) is 0 Å². The van der Waals surface area contributed by atoms with Crippen molar-refractivity contribution in [2.24, 2.45) is 0 Å². The van der Waals surface area contributed by atoms with Crippen molar-refractivity contribution >= 4 is 17.2 Å². The van der Waals surface area contributed by atoms with Gasteiger partial charge in [0, 0.05) is 17.0 Å². The third-order valence-corrected chi connectivity index (χ3v) is 3.80. The molecule has 0 aliphatic carbocycles. The number of carbonyl (C=O) groups is 1. The monoisotopic (exact) mass is 304 g/mol. The van der Waals surface area contributed by atoms with Gasteiger partial charge >= 0.3 is 0 Å². The van der Waals surface area contributed by atoms with Crippen molar-refractivity contribution in [2.45, 2.75) is 13.0 Å². The molecule has 0 spiro atoms. The molecule has 112 valence electrons. The van der Waals surface area contributed by atoms with Gasteiger partial charge in [-0.25, -0.2) is 0 Å². The van der Waals surface area contributed by atoms with Gasteiger partial charge in [0.05, 0.1) is 0 Å². The molecule has 2 rings (SSSR count). The predicted molar refractivity (Wildman–Crippen MR) is 86.0 cm³/mol. The van der Waals surface area contributed by atoms with E-state index < -0.39 is 0 Å². The van der Waals surface area contributed by atoms with E-state index in [0.29, 0.717) is 24.5 Å². The average molecular weight is 304 g/mol. The molecule has 2 N–H and O–H groups in total. The highest BCUT2D eigenvalue weighted by molar-refractivity contribution is 7.09. The van der Waals surface area contributed by atoms with E-state index in [0.717, 1.165) is 17.8 Å². The summed E-state index contributed by atoms with van der Waals surface area (Å²) in [5.41, 5.74) is 0.628. The summed E-state index contributed by atoms with van der Waals surface area (Å²) in [6, 6.07) is 11.3. The molecule has 1 aromatic carbocycles. The van der Waals surface area contributed by atoms with Crippen LogP contribution >= 0.6 is 11.3 Å². The molecule has 0 aliphatic rings. The largest absolute Gasteiger partial charge is 0.488 e. The first-order chi connectivity index (χ1) is 10.3. The van der Waals surface area contributed by atoms with Gasteiger partial charge in [-0.1, -0.05) is 12.1 Å². The molecular weight excluding hydrogens is 284 g/mol. The minimum absolute atomic E-state index is 0.0623. The fraction of sp³-hybridized carbons (Fsp3) is 0.312. The number of amides is 1. The molecular formula is C16H20N2O2S. The molecule has 21 heavy (non-hydrogen) atoms. The molecule has 1 heterocycles. The van der Waals surface area contributed by atoms with Gasteiger partial charge in [0.25, 0.3) is 5.91 Å². The van der Waals surface area contributed by atoms with Crippen molar-refractivity contribution in [2.75, 3.05) is 20.1 Å². The normalized spacial score (nSPS) is 10.3. The number of rotatable bonds is 8. The van der Waals surface area contributed by atoms with Crippen molar-refractivity contribution in [3.63, 3.8) is 0 Å². The molecule has 2 aromatic rings. The lowest BCUT2D eigenvalue weighted by molar-refractivity contribution is 0.0953. The molecule has 0 fully saturated rings. The maximum atomic E-state index is 12.0. The van der Waals surface area contributed by atoms with Crippen LogP contribution in [0.15, 0.2) is 41.8 Å². The minimum atomic E-state index is -0.0623. The van der Waals surface area contributed by atoms with Crippen LogP contribution in [0.1, 0.15) is 21.7 Å². The summed E-state index contributed by atoms with van der Waals surface area (Å²) >= 11 is 1.66. The SMILES string of the molecule is CNCCCNC(=O)c1cccc(OCc2cccs2)c1. The van der Waals surface area contributed by atoms with Crippen LogP contribution in [0.3, 0.4) is 0 Å². The highest BCUT2D eigenvalue weighted by Gasteiger charge is 2.06. The summed E-state index contributed by atoms with van der Waals surface area (Å²) in [7, 11) is 1.90. The van der Waals surface area contributed by atoms with Gasteiger partial charge in [-0.2, -0.15) is 0 Å². The van der Waals surface area contributed by atoms with Crippen LogP contribution in [-0.4, -0.2) is 26.0 Å². The van der Waals surface area contributed by atoms with Gasteiger partial charge in [-0.15, -0.1) is 11.3 Å². The molecule has 0 saturated carbocycles. The van der Waals surface area contributed by atoms with Gasteiger partial charge in [-0.3, -0.25) is 4.79 Å². The Morgan fingerprint density at radius 1 is 1.24 bits per heavy atom. The van der Waals surface area contributed by atoms with Crippen LogP contribution in [0.25, 0.3) is 0 Å². The van der Waals surface area contributed by atoms with Gasteiger partial charge < -0.3 is 15.4 Å². The second kappa shape index (κ2) is 8.44. The first-order valence-electron chi connectivity index (χ1n) is 6.97. The molecule has 5 heteroatoms. The third-order valence-electron chi connectivity index (χ3n) is 2.95. The molecule has 0 saturated heterocycles. The molecule has 1 aromatic heterocycles. The number of carbonyl (C=O) groups excluding carboxylic acids is 1. The maximum absolute atomic E-state index is 12.0.